The molecule has 0 aromatic carbocycles. The lowest BCUT2D eigenvalue weighted by Gasteiger charge is -2.26. The van der Waals surface area contributed by atoms with Gasteiger partial charge in [0, 0.05) is 0 Å². The molecule has 0 aromatic heterocycles. The number of carbonyl (C=O) groups is 1. The molecule has 76 valence electrons. The van der Waals surface area contributed by atoms with Crippen molar-refractivity contribution < 1.29 is 18.0 Å². The van der Waals surface area contributed by atoms with Gasteiger partial charge in [-0.3, -0.25) is 4.79 Å². The highest BCUT2D eigenvalue weighted by atomic mass is 19.4. The molecule has 1 saturated carbocycles. The van der Waals surface area contributed by atoms with E-state index in [4.69, 9.17) is 5.73 Å². The maximum atomic E-state index is 12.1. The molecule has 0 spiro atoms. The predicted molar refractivity (Wildman–Crippen MR) is 40.7 cm³/mol. The lowest BCUT2D eigenvalue weighted by molar-refractivity contribution is -0.167. The van der Waals surface area contributed by atoms with Crippen LogP contribution in [0.25, 0.3) is 0 Å². The monoisotopic (exact) mass is 195 g/mol. The molecule has 1 aliphatic carbocycles. The highest BCUT2D eigenvalue weighted by Gasteiger charge is 2.51. The highest BCUT2D eigenvalue weighted by molar-refractivity contribution is 5.81. The molecule has 1 aliphatic rings. The van der Waals surface area contributed by atoms with Crippen LogP contribution in [0, 0.1) is 11.3 Å². The second kappa shape index (κ2) is 2.89. The van der Waals surface area contributed by atoms with Crippen LogP contribution in [0.3, 0.4) is 0 Å². The van der Waals surface area contributed by atoms with Crippen LogP contribution in [0.2, 0.25) is 0 Å². The second-order valence-corrected chi connectivity index (χ2v) is 3.85. The highest BCUT2D eigenvalue weighted by Crippen LogP contribution is 2.50. The Kier molecular flexibility index (Phi) is 2.30. The van der Waals surface area contributed by atoms with E-state index in [2.05, 4.69) is 0 Å². The summed E-state index contributed by atoms with van der Waals surface area (Å²) in [4.78, 5) is 10.9. The van der Waals surface area contributed by atoms with Crippen LogP contribution >= 0.6 is 0 Å². The number of halogens is 3. The topological polar surface area (TPSA) is 43.1 Å². The number of hydrogen-bond donors (Lipinski definition) is 1. The molecule has 2 N–H and O–H groups in total. The van der Waals surface area contributed by atoms with Gasteiger partial charge in [0.1, 0.15) is 0 Å². The first-order chi connectivity index (χ1) is 5.76. The molecule has 2 nitrogen and oxygen atoms in total. The average molecular weight is 195 g/mol. The molecule has 1 unspecified atom stereocenters. The van der Waals surface area contributed by atoms with E-state index in [1.54, 1.807) is 0 Å². The van der Waals surface area contributed by atoms with Crippen molar-refractivity contribution in [2.75, 3.05) is 0 Å². The number of hydrogen-bond acceptors (Lipinski definition) is 1. The van der Waals surface area contributed by atoms with Crippen LogP contribution in [0.4, 0.5) is 13.2 Å². The molecular weight excluding hydrogens is 183 g/mol. The van der Waals surface area contributed by atoms with E-state index >= 15 is 0 Å². The molecule has 0 bridgehead atoms. The van der Waals surface area contributed by atoms with Crippen LogP contribution < -0.4 is 5.73 Å². The number of carbonyl (C=O) groups excluding carboxylic acids is 1. The third kappa shape index (κ3) is 2.35. The molecule has 1 amide bonds. The van der Waals surface area contributed by atoms with E-state index in [1.807, 2.05) is 0 Å². The zero-order valence-electron chi connectivity index (χ0n) is 7.32. The van der Waals surface area contributed by atoms with Crippen LogP contribution in [-0.2, 0) is 4.79 Å². The molecule has 0 radical (unpaired) electrons. The van der Waals surface area contributed by atoms with E-state index in [0.29, 0.717) is 12.8 Å². The summed E-state index contributed by atoms with van der Waals surface area (Å²) in [5, 5.41) is 0. The van der Waals surface area contributed by atoms with Gasteiger partial charge in [-0.05, 0) is 18.8 Å². The zero-order valence-corrected chi connectivity index (χ0v) is 7.32. The van der Waals surface area contributed by atoms with Crippen LogP contribution in [0.1, 0.15) is 26.2 Å². The van der Waals surface area contributed by atoms with Crippen LogP contribution in [-0.4, -0.2) is 12.1 Å². The van der Waals surface area contributed by atoms with Crippen molar-refractivity contribution in [3.05, 3.63) is 0 Å². The fourth-order valence-electron chi connectivity index (χ4n) is 1.57. The number of rotatable bonds is 3. The van der Waals surface area contributed by atoms with Gasteiger partial charge < -0.3 is 5.73 Å². The fraction of sp³-hybridized carbons (Fsp3) is 0.875. The van der Waals surface area contributed by atoms with E-state index in [0.717, 1.165) is 0 Å². The molecule has 13 heavy (non-hydrogen) atoms. The number of alkyl halides is 3. The molecule has 1 fully saturated rings. The fourth-order valence-corrected chi connectivity index (χ4v) is 1.57. The third-order valence-electron chi connectivity index (χ3n) is 2.61. The van der Waals surface area contributed by atoms with E-state index in [-0.39, 0.29) is 5.92 Å². The first-order valence-corrected chi connectivity index (χ1v) is 4.12. The van der Waals surface area contributed by atoms with Crippen LogP contribution in [0.15, 0.2) is 0 Å². The summed E-state index contributed by atoms with van der Waals surface area (Å²) >= 11 is 0. The Morgan fingerprint density at radius 1 is 1.46 bits per heavy atom. The van der Waals surface area contributed by atoms with E-state index < -0.39 is 23.9 Å². The second-order valence-electron chi connectivity index (χ2n) is 3.85. The molecule has 0 aliphatic heterocycles. The first-order valence-electron chi connectivity index (χ1n) is 4.12. The zero-order chi connectivity index (χ0) is 10.3. The Bertz CT molecular complexity index is 222. The van der Waals surface area contributed by atoms with Crippen molar-refractivity contribution in [1.29, 1.82) is 0 Å². The molecule has 0 saturated heterocycles. The maximum Gasteiger partial charge on any atom is 0.390 e. The van der Waals surface area contributed by atoms with Crippen molar-refractivity contribution >= 4 is 5.91 Å². The van der Waals surface area contributed by atoms with Gasteiger partial charge in [-0.25, -0.2) is 0 Å². The van der Waals surface area contributed by atoms with Gasteiger partial charge >= 0.3 is 6.18 Å². The Balaban J connectivity index is 2.73. The summed E-state index contributed by atoms with van der Waals surface area (Å²) < 4.78 is 36.3. The van der Waals surface area contributed by atoms with Crippen LogP contribution in [0.5, 0.6) is 0 Å². The van der Waals surface area contributed by atoms with Gasteiger partial charge in [0.25, 0.3) is 0 Å². The van der Waals surface area contributed by atoms with Gasteiger partial charge in [-0.1, -0.05) is 6.92 Å². The van der Waals surface area contributed by atoms with Crippen molar-refractivity contribution in [2.45, 2.75) is 32.4 Å². The van der Waals surface area contributed by atoms with Crippen molar-refractivity contribution in [3.63, 3.8) is 0 Å². The number of primary amides is 1. The van der Waals surface area contributed by atoms with Gasteiger partial charge in [-0.15, -0.1) is 0 Å². The maximum absolute atomic E-state index is 12.1. The predicted octanol–water partition coefficient (Wildman–Crippen LogP) is 1.84. The van der Waals surface area contributed by atoms with Gasteiger partial charge in [-0.2, -0.15) is 13.2 Å². The number of amides is 1. The SMILES string of the molecule is CC(CC(F)(F)F)(C(N)=O)C1CC1. The Hall–Kier alpha value is -0.740. The third-order valence-corrected chi connectivity index (χ3v) is 2.61. The summed E-state index contributed by atoms with van der Waals surface area (Å²) in [5.74, 6) is -1.01. The lowest BCUT2D eigenvalue weighted by atomic mass is 9.80. The van der Waals surface area contributed by atoms with E-state index in [9.17, 15) is 18.0 Å². The smallest absolute Gasteiger partial charge is 0.369 e. The minimum Gasteiger partial charge on any atom is -0.369 e. The lowest BCUT2D eigenvalue weighted by Crippen LogP contribution is -2.40. The standard InChI is InChI=1S/C8H12F3NO/c1-7(6(12)13,5-2-3-5)4-8(9,10)11/h5H,2-4H2,1H3,(H2,12,13). The molecule has 0 heterocycles. The van der Waals surface area contributed by atoms with E-state index in [1.165, 1.54) is 6.92 Å². The molecular formula is C8H12F3NO. The minimum absolute atomic E-state index is 0.174. The van der Waals surface area contributed by atoms with Crippen molar-refractivity contribution in [3.8, 4) is 0 Å². The van der Waals surface area contributed by atoms with Crippen molar-refractivity contribution in [1.82, 2.24) is 0 Å². The minimum atomic E-state index is -4.31. The summed E-state index contributed by atoms with van der Waals surface area (Å²) in [7, 11) is 0. The first kappa shape index (κ1) is 10.3. The summed E-state index contributed by atoms with van der Waals surface area (Å²) in [6.07, 6.45) is -4.06. The summed E-state index contributed by atoms with van der Waals surface area (Å²) in [6.45, 7) is 1.31. The summed E-state index contributed by atoms with van der Waals surface area (Å²) in [5.41, 5.74) is 3.59. The Labute approximate surface area is 74.3 Å². The molecule has 1 atom stereocenters. The molecule has 5 heteroatoms. The normalized spacial score (nSPS) is 22.5. The quantitative estimate of drug-likeness (QED) is 0.733. The van der Waals surface area contributed by atoms with Gasteiger partial charge in [0.05, 0.1) is 11.8 Å². The Morgan fingerprint density at radius 3 is 2.15 bits per heavy atom. The van der Waals surface area contributed by atoms with Crippen molar-refractivity contribution in [2.24, 2.45) is 17.1 Å². The van der Waals surface area contributed by atoms with Gasteiger partial charge in [0.15, 0.2) is 0 Å². The molecule has 1 rings (SSSR count). The largest absolute Gasteiger partial charge is 0.390 e. The average Bonchev–Trinajstić information content (AvgIpc) is 2.62. The Morgan fingerprint density at radius 2 is 1.92 bits per heavy atom. The summed E-state index contributed by atoms with van der Waals surface area (Å²) in [6, 6.07) is 0. The molecule has 0 aromatic rings. The number of nitrogens with two attached hydrogens (primary N) is 1. The van der Waals surface area contributed by atoms with Gasteiger partial charge in [0.2, 0.25) is 5.91 Å².